The second-order valence-corrected chi connectivity index (χ2v) is 5.24. The average Bonchev–Trinajstić information content (AvgIpc) is 2.51. The van der Waals surface area contributed by atoms with Crippen LogP contribution in [0.4, 0.5) is 0 Å². The van der Waals surface area contributed by atoms with E-state index in [1.807, 2.05) is 24.3 Å². The molecule has 0 aromatic heterocycles. The quantitative estimate of drug-likeness (QED) is 0.713. The van der Waals surface area contributed by atoms with Crippen LogP contribution in [-0.4, -0.2) is 36.9 Å². The van der Waals surface area contributed by atoms with Gasteiger partial charge in [-0.15, -0.1) is 0 Å². The standard InChI is InChI=1S/C17H26N2O3/c1-4-5-8-11-18-17(21)13-19(14(2)20)12-15-9-6-7-10-16(15)22-3/h6-7,9-10H,4-5,8,11-13H2,1-3H3,(H,18,21). The summed E-state index contributed by atoms with van der Waals surface area (Å²) < 4.78 is 5.28. The summed E-state index contributed by atoms with van der Waals surface area (Å²) in [6, 6.07) is 7.51. The number of nitrogens with zero attached hydrogens (tertiary/aromatic N) is 1. The molecule has 0 fully saturated rings. The van der Waals surface area contributed by atoms with Crippen LogP contribution in [0.3, 0.4) is 0 Å². The molecule has 22 heavy (non-hydrogen) atoms. The minimum atomic E-state index is -0.130. The van der Waals surface area contributed by atoms with Crippen molar-refractivity contribution in [3.8, 4) is 5.75 Å². The number of para-hydroxylation sites is 1. The molecule has 0 atom stereocenters. The van der Waals surface area contributed by atoms with E-state index in [1.54, 1.807) is 7.11 Å². The largest absolute Gasteiger partial charge is 0.496 e. The molecule has 5 heteroatoms. The van der Waals surface area contributed by atoms with Gasteiger partial charge in [-0.25, -0.2) is 0 Å². The number of nitrogens with one attached hydrogen (secondary N) is 1. The Morgan fingerprint density at radius 2 is 1.95 bits per heavy atom. The minimum Gasteiger partial charge on any atom is -0.496 e. The van der Waals surface area contributed by atoms with Crippen molar-refractivity contribution in [2.45, 2.75) is 39.7 Å². The van der Waals surface area contributed by atoms with E-state index in [0.29, 0.717) is 13.1 Å². The predicted octanol–water partition coefficient (Wildman–Crippen LogP) is 2.35. The summed E-state index contributed by atoms with van der Waals surface area (Å²) in [5.41, 5.74) is 0.888. The van der Waals surface area contributed by atoms with Crippen LogP contribution in [0.5, 0.6) is 5.75 Å². The molecule has 1 N–H and O–H groups in total. The van der Waals surface area contributed by atoms with Crippen LogP contribution < -0.4 is 10.1 Å². The minimum absolute atomic E-state index is 0.0690. The molecule has 0 aliphatic rings. The van der Waals surface area contributed by atoms with E-state index < -0.39 is 0 Å². The third-order valence-electron chi connectivity index (χ3n) is 3.44. The van der Waals surface area contributed by atoms with Gasteiger partial charge in [-0.1, -0.05) is 38.0 Å². The highest BCUT2D eigenvalue weighted by Gasteiger charge is 2.15. The van der Waals surface area contributed by atoms with Crippen LogP contribution in [0.25, 0.3) is 0 Å². The fourth-order valence-corrected chi connectivity index (χ4v) is 2.15. The molecular weight excluding hydrogens is 280 g/mol. The van der Waals surface area contributed by atoms with Gasteiger partial charge >= 0.3 is 0 Å². The van der Waals surface area contributed by atoms with Crippen molar-refractivity contribution in [3.63, 3.8) is 0 Å². The summed E-state index contributed by atoms with van der Waals surface area (Å²) in [7, 11) is 1.59. The molecule has 0 heterocycles. The van der Waals surface area contributed by atoms with Gasteiger partial charge in [0.15, 0.2) is 0 Å². The van der Waals surface area contributed by atoms with Crippen molar-refractivity contribution in [1.82, 2.24) is 10.2 Å². The van der Waals surface area contributed by atoms with E-state index in [1.165, 1.54) is 11.8 Å². The highest BCUT2D eigenvalue weighted by atomic mass is 16.5. The lowest BCUT2D eigenvalue weighted by atomic mass is 10.2. The number of amides is 2. The fraction of sp³-hybridized carbons (Fsp3) is 0.529. The Labute approximate surface area is 132 Å². The first-order chi connectivity index (χ1) is 10.6. The summed E-state index contributed by atoms with van der Waals surface area (Å²) in [4.78, 5) is 25.2. The molecule has 0 unspecified atom stereocenters. The molecule has 0 bridgehead atoms. The van der Waals surface area contributed by atoms with Gasteiger partial charge in [0, 0.05) is 25.6 Å². The summed E-state index contributed by atoms with van der Waals surface area (Å²) in [5.74, 6) is 0.466. The van der Waals surface area contributed by atoms with Crippen molar-refractivity contribution in [2.75, 3.05) is 20.2 Å². The second-order valence-electron chi connectivity index (χ2n) is 5.24. The smallest absolute Gasteiger partial charge is 0.239 e. The maximum atomic E-state index is 11.9. The Bertz CT molecular complexity index is 489. The second kappa shape index (κ2) is 9.82. The van der Waals surface area contributed by atoms with Crippen molar-refractivity contribution >= 4 is 11.8 Å². The Kier molecular flexibility index (Phi) is 8.04. The molecule has 2 amide bonds. The van der Waals surface area contributed by atoms with Crippen molar-refractivity contribution < 1.29 is 14.3 Å². The first-order valence-corrected chi connectivity index (χ1v) is 7.72. The van der Waals surface area contributed by atoms with Gasteiger partial charge in [0.2, 0.25) is 11.8 Å². The van der Waals surface area contributed by atoms with Crippen LogP contribution in [0.1, 0.15) is 38.7 Å². The number of carbonyl (C=O) groups is 2. The Balaban J connectivity index is 2.58. The number of rotatable bonds is 9. The zero-order valence-corrected chi connectivity index (χ0v) is 13.7. The Hall–Kier alpha value is -2.04. The molecule has 5 nitrogen and oxygen atoms in total. The molecule has 0 saturated heterocycles. The topological polar surface area (TPSA) is 58.6 Å². The average molecular weight is 306 g/mol. The van der Waals surface area contributed by atoms with Gasteiger partial charge < -0.3 is 15.0 Å². The Morgan fingerprint density at radius 3 is 2.59 bits per heavy atom. The summed E-state index contributed by atoms with van der Waals surface area (Å²) in [5, 5.41) is 2.85. The van der Waals surface area contributed by atoms with Gasteiger partial charge in [-0.05, 0) is 12.5 Å². The van der Waals surface area contributed by atoms with Crippen LogP contribution in [0.15, 0.2) is 24.3 Å². The van der Waals surface area contributed by atoms with Gasteiger partial charge in [0.1, 0.15) is 5.75 Å². The number of hydrogen-bond donors (Lipinski definition) is 1. The molecule has 0 aliphatic heterocycles. The summed E-state index contributed by atoms with van der Waals surface area (Å²) in [6.07, 6.45) is 3.18. The number of methoxy groups -OCH3 is 1. The maximum Gasteiger partial charge on any atom is 0.239 e. The number of unbranched alkanes of at least 4 members (excludes halogenated alkanes) is 2. The molecule has 0 spiro atoms. The maximum absolute atomic E-state index is 11.9. The van der Waals surface area contributed by atoms with E-state index in [9.17, 15) is 9.59 Å². The number of carbonyl (C=O) groups excluding carboxylic acids is 2. The lowest BCUT2D eigenvalue weighted by molar-refractivity contribution is -0.134. The van der Waals surface area contributed by atoms with E-state index in [2.05, 4.69) is 12.2 Å². The molecule has 1 rings (SSSR count). The third-order valence-corrected chi connectivity index (χ3v) is 3.44. The van der Waals surface area contributed by atoms with E-state index in [4.69, 9.17) is 4.74 Å². The van der Waals surface area contributed by atoms with Crippen LogP contribution in [-0.2, 0) is 16.1 Å². The zero-order valence-electron chi connectivity index (χ0n) is 13.7. The molecule has 122 valence electrons. The van der Waals surface area contributed by atoms with E-state index in [-0.39, 0.29) is 18.4 Å². The van der Waals surface area contributed by atoms with Crippen LogP contribution in [0.2, 0.25) is 0 Å². The number of ether oxygens (including phenoxy) is 1. The first kappa shape index (κ1) is 18.0. The molecule has 1 aromatic rings. The molecule has 1 aromatic carbocycles. The Morgan fingerprint density at radius 1 is 1.23 bits per heavy atom. The summed E-state index contributed by atoms with van der Waals surface area (Å²) in [6.45, 7) is 4.68. The SMILES string of the molecule is CCCCCNC(=O)CN(Cc1ccccc1OC)C(C)=O. The van der Waals surface area contributed by atoms with Crippen molar-refractivity contribution in [1.29, 1.82) is 0 Å². The van der Waals surface area contributed by atoms with Crippen molar-refractivity contribution in [3.05, 3.63) is 29.8 Å². The molecule has 0 radical (unpaired) electrons. The molecular formula is C17H26N2O3. The highest BCUT2D eigenvalue weighted by Crippen LogP contribution is 2.19. The normalized spacial score (nSPS) is 10.1. The highest BCUT2D eigenvalue weighted by molar-refractivity contribution is 5.83. The zero-order chi connectivity index (χ0) is 16.4. The van der Waals surface area contributed by atoms with Gasteiger partial charge in [-0.3, -0.25) is 9.59 Å². The van der Waals surface area contributed by atoms with E-state index in [0.717, 1.165) is 30.6 Å². The molecule has 0 aliphatic carbocycles. The summed E-state index contributed by atoms with van der Waals surface area (Å²) >= 11 is 0. The van der Waals surface area contributed by atoms with E-state index >= 15 is 0 Å². The first-order valence-electron chi connectivity index (χ1n) is 7.72. The molecule has 0 saturated carbocycles. The van der Waals surface area contributed by atoms with Gasteiger partial charge in [0.05, 0.1) is 13.7 Å². The van der Waals surface area contributed by atoms with Crippen LogP contribution in [0, 0.1) is 0 Å². The fourth-order valence-electron chi connectivity index (χ4n) is 2.15. The lowest BCUT2D eigenvalue weighted by Crippen LogP contribution is -2.39. The van der Waals surface area contributed by atoms with Gasteiger partial charge in [-0.2, -0.15) is 0 Å². The predicted molar refractivity (Wildman–Crippen MR) is 86.6 cm³/mol. The monoisotopic (exact) mass is 306 g/mol. The lowest BCUT2D eigenvalue weighted by Gasteiger charge is -2.21. The number of hydrogen-bond acceptors (Lipinski definition) is 3. The van der Waals surface area contributed by atoms with Crippen molar-refractivity contribution in [2.24, 2.45) is 0 Å². The number of benzene rings is 1. The third kappa shape index (κ3) is 6.16. The van der Waals surface area contributed by atoms with Gasteiger partial charge in [0.25, 0.3) is 0 Å². The van der Waals surface area contributed by atoms with Crippen LogP contribution >= 0.6 is 0 Å².